The number of sulfonamides is 1. The van der Waals surface area contributed by atoms with Crippen LogP contribution >= 0.6 is 0 Å². The fourth-order valence-electron chi connectivity index (χ4n) is 3.73. The molecule has 3 rings (SSSR count). The van der Waals surface area contributed by atoms with Gasteiger partial charge in [-0.1, -0.05) is 49.2 Å². The molecule has 6 heteroatoms. The highest BCUT2D eigenvalue weighted by Gasteiger charge is 2.28. The van der Waals surface area contributed by atoms with Gasteiger partial charge in [0.25, 0.3) is 5.91 Å². The highest BCUT2D eigenvalue weighted by Crippen LogP contribution is 2.25. The maximum absolute atomic E-state index is 13.1. The van der Waals surface area contributed by atoms with Gasteiger partial charge in [0.05, 0.1) is 10.9 Å². The van der Waals surface area contributed by atoms with Gasteiger partial charge in [0.1, 0.15) is 0 Å². The maximum Gasteiger partial charge on any atom is 0.251 e. The molecule has 1 saturated heterocycles. The van der Waals surface area contributed by atoms with Crippen LogP contribution in [0.3, 0.4) is 0 Å². The van der Waals surface area contributed by atoms with Crippen molar-refractivity contribution in [2.75, 3.05) is 13.1 Å². The lowest BCUT2D eigenvalue weighted by Gasteiger charge is -2.26. The summed E-state index contributed by atoms with van der Waals surface area (Å²) in [4.78, 5) is 13.1. The lowest BCUT2D eigenvalue weighted by Crippen LogP contribution is -2.36. The smallest absolute Gasteiger partial charge is 0.251 e. The molecule has 156 valence electrons. The number of hydrogen-bond donors (Lipinski definition) is 1. The Morgan fingerprint density at radius 1 is 1.03 bits per heavy atom. The van der Waals surface area contributed by atoms with E-state index in [1.165, 1.54) is 11.6 Å². The molecule has 0 saturated carbocycles. The second-order valence-corrected chi connectivity index (χ2v) is 9.70. The zero-order chi connectivity index (χ0) is 21.0. The van der Waals surface area contributed by atoms with E-state index in [0.29, 0.717) is 24.2 Å². The molecule has 1 heterocycles. The first-order chi connectivity index (χ1) is 13.8. The number of piperidine rings is 1. The summed E-state index contributed by atoms with van der Waals surface area (Å²) < 4.78 is 27.8. The number of nitrogens with one attached hydrogen (secondary N) is 1. The summed E-state index contributed by atoms with van der Waals surface area (Å²) in [5, 5.41) is 3.05. The van der Waals surface area contributed by atoms with Crippen molar-refractivity contribution < 1.29 is 13.2 Å². The second-order valence-electron chi connectivity index (χ2n) is 7.79. The van der Waals surface area contributed by atoms with E-state index in [4.69, 9.17) is 0 Å². The van der Waals surface area contributed by atoms with Gasteiger partial charge in [-0.2, -0.15) is 4.31 Å². The molecule has 1 amide bonds. The SMILES string of the molecule is CCC(NC(=O)c1ccc(C)c(S(=O)(=O)N2CCCCC2)c1)c1ccc(C)cc1. The molecule has 1 N–H and O–H groups in total. The van der Waals surface area contributed by atoms with E-state index in [0.717, 1.165) is 31.2 Å². The molecule has 1 unspecified atom stereocenters. The average Bonchev–Trinajstić information content (AvgIpc) is 2.73. The van der Waals surface area contributed by atoms with Crippen LogP contribution in [0.1, 0.15) is 65.7 Å². The van der Waals surface area contributed by atoms with E-state index in [9.17, 15) is 13.2 Å². The molecule has 1 aliphatic rings. The molecule has 5 nitrogen and oxygen atoms in total. The van der Waals surface area contributed by atoms with Crippen molar-refractivity contribution in [3.63, 3.8) is 0 Å². The van der Waals surface area contributed by atoms with Crippen LogP contribution in [0.5, 0.6) is 0 Å². The molecule has 2 aromatic rings. The van der Waals surface area contributed by atoms with Crippen LogP contribution in [0.25, 0.3) is 0 Å². The third-order valence-electron chi connectivity index (χ3n) is 5.58. The predicted molar refractivity (Wildman–Crippen MR) is 115 cm³/mol. The van der Waals surface area contributed by atoms with E-state index < -0.39 is 10.0 Å². The molecule has 29 heavy (non-hydrogen) atoms. The Balaban J connectivity index is 1.84. The molecule has 0 spiro atoms. The van der Waals surface area contributed by atoms with Crippen molar-refractivity contribution in [1.29, 1.82) is 0 Å². The molecule has 1 aliphatic heterocycles. The third-order valence-corrected chi connectivity index (χ3v) is 7.62. The van der Waals surface area contributed by atoms with Gasteiger partial charge in [-0.25, -0.2) is 8.42 Å². The predicted octanol–water partition coefficient (Wildman–Crippen LogP) is 4.36. The summed E-state index contributed by atoms with van der Waals surface area (Å²) in [6.45, 7) is 6.92. The van der Waals surface area contributed by atoms with E-state index in [-0.39, 0.29) is 16.8 Å². The van der Waals surface area contributed by atoms with Crippen molar-refractivity contribution in [3.05, 3.63) is 64.7 Å². The minimum absolute atomic E-state index is 0.119. The molecule has 1 atom stereocenters. The lowest BCUT2D eigenvalue weighted by atomic mass is 10.0. The monoisotopic (exact) mass is 414 g/mol. The average molecular weight is 415 g/mol. The summed E-state index contributed by atoms with van der Waals surface area (Å²) >= 11 is 0. The van der Waals surface area contributed by atoms with Gasteiger partial charge in [-0.3, -0.25) is 4.79 Å². The summed E-state index contributed by atoms with van der Waals surface area (Å²) in [7, 11) is -3.59. The molecule has 2 aromatic carbocycles. The number of hydrogen-bond acceptors (Lipinski definition) is 3. The third kappa shape index (κ3) is 4.87. The Morgan fingerprint density at radius 3 is 2.31 bits per heavy atom. The van der Waals surface area contributed by atoms with E-state index in [2.05, 4.69) is 5.32 Å². The lowest BCUT2D eigenvalue weighted by molar-refractivity contribution is 0.0935. The summed E-state index contributed by atoms with van der Waals surface area (Å²) in [5.74, 6) is -0.257. The summed E-state index contributed by atoms with van der Waals surface area (Å²) in [5.41, 5.74) is 3.25. The van der Waals surface area contributed by atoms with Crippen molar-refractivity contribution in [1.82, 2.24) is 9.62 Å². The van der Waals surface area contributed by atoms with Gasteiger partial charge in [-0.05, 0) is 56.4 Å². The van der Waals surface area contributed by atoms with Crippen LogP contribution < -0.4 is 5.32 Å². The number of aryl methyl sites for hydroxylation is 2. The number of carbonyl (C=O) groups is 1. The first-order valence-electron chi connectivity index (χ1n) is 10.3. The number of amides is 1. The zero-order valence-corrected chi connectivity index (χ0v) is 18.3. The van der Waals surface area contributed by atoms with Gasteiger partial charge in [0.15, 0.2) is 0 Å². The Bertz CT molecular complexity index is 962. The minimum atomic E-state index is -3.59. The largest absolute Gasteiger partial charge is 0.345 e. The van der Waals surface area contributed by atoms with Gasteiger partial charge in [0.2, 0.25) is 10.0 Å². The molecular weight excluding hydrogens is 384 g/mol. The topological polar surface area (TPSA) is 66.5 Å². The van der Waals surface area contributed by atoms with Crippen molar-refractivity contribution in [2.24, 2.45) is 0 Å². The number of carbonyl (C=O) groups excluding carboxylic acids is 1. The van der Waals surface area contributed by atoms with Crippen molar-refractivity contribution >= 4 is 15.9 Å². The molecule has 0 aliphatic carbocycles. The van der Waals surface area contributed by atoms with Gasteiger partial charge < -0.3 is 5.32 Å². The number of benzene rings is 2. The quantitative estimate of drug-likeness (QED) is 0.764. The van der Waals surface area contributed by atoms with E-state index in [1.54, 1.807) is 23.4 Å². The van der Waals surface area contributed by atoms with Gasteiger partial charge in [0, 0.05) is 18.7 Å². The summed E-state index contributed by atoms with van der Waals surface area (Å²) in [6.07, 6.45) is 3.57. The van der Waals surface area contributed by atoms with Gasteiger partial charge in [-0.15, -0.1) is 0 Å². The van der Waals surface area contributed by atoms with Crippen LogP contribution in [-0.4, -0.2) is 31.7 Å². The molecule has 0 bridgehead atoms. The standard InChI is InChI=1S/C23H30N2O3S/c1-4-21(19-11-8-17(2)9-12-19)24-23(26)20-13-10-18(3)22(16-20)29(27,28)25-14-6-5-7-15-25/h8-13,16,21H,4-7,14-15H2,1-3H3,(H,24,26). The van der Waals surface area contributed by atoms with E-state index in [1.807, 2.05) is 38.1 Å². The van der Waals surface area contributed by atoms with Crippen molar-refractivity contribution in [3.8, 4) is 0 Å². The number of rotatable bonds is 6. The van der Waals surface area contributed by atoms with Crippen LogP contribution in [0.2, 0.25) is 0 Å². The Labute approximate surface area is 174 Å². The van der Waals surface area contributed by atoms with Crippen LogP contribution in [0, 0.1) is 13.8 Å². The Morgan fingerprint density at radius 2 is 1.69 bits per heavy atom. The summed E-state index contributed by atoms with van der Waals surface area (Å²) in [6, 6.07) is 12.9. The zero-order valence-electron chi connectivity index (χ0n) is 17.4. The highest BCUT2D eigenvalue weighted by molar-refractivity contribution is 7.89. The molecular formula is C23H30N2O3S. The highest BCUT2D eigenvalue weighted by atomic mass is 32.2. The fraction of sp³-hybridized carbons (Fsp3) is 0.435. The Hall–Kier alpha value is -2.18. The first-order valence-corrected chi connectivity index (χ1v) is 11.7. The maximum atomic E-state index is 13.1. The molecule has 0 radical (unpaired) electrons. The van der Waals surface area contributed by atoms with Gasteiger partial charge >= 0.3 is 0 Å². The minimum Gasteiger partial charge on any atom is -0.345 e. The normalized spacial score (nSPS) is 16.4. The molecule has 1 fully saturated rings. The van der Waals surface area contributed by atoms with Crippen LogP contribution in [-0.2, 0) is 10.0 Å². The van der Waals surface area contributed by atoms with Crippen molar-refractivity contribution in [2.45, 2.75) is 57.4 Å². The van der Waals surface area contributed by atoms with Crippen LogP contribution in [0.4, 0.5) is 0 Å². The Kier molecular flexibility index (Phi) is 6.75. The van der Waals surface area contributed by atoms with Crippen LogP contribution in [0.15, 0.2) is 47.4 Å². The molecule has 0 aromatic heterocycles. The first kappa shape index (κ1) is 21.5. The number of nitrogens with zero attached hydrogens (tertiary/aromatic N) is 1. The fourth-order valence-corrected chi connectivity index (χ4v) is 5.49. The van der Waals surface area contributed by atoms with E-state index >= 15 is 0 Å². The second kappa shape index (κ2) is 9.09.